The highest BCUT2D eigenvalue weighted by Gasteiger charge is 2.50. The van der Waals surface area contributed by atoms with Gasteiger partial charge >= 0.3 is 0 Å². The fourth-order valence-corrected chi connectivity index (χ4v) is 2.66. The first-order valence-corrected chi connectivity index (χ1v) is 5.83. The van der Waals surface area contributed by atoms with Crippen LogP contribution in [0.5, 0.6) is 0 Å². The molecular formula is C13H14N2O2. The second-order valence-electron chi connectivity index (χ2n) is 4.72. The van der Waals surface area contributed by atoms with Crippen LogP contribution in [0.4, 0.5) is 5.69 Å². The Balaban J connectivity index is 1.99. The fraction of sp³-hybridized carbons (Fsp3) is 0.385. The van der Waals surface area contributed by atoms with Crippen molar-refractivity contribution in [2.24, 2.45) is 11.8 Å². The fourth-order valence-electron chi connectivity index (χ4n) is 2.66. The molecule has 2 heterocycles. The predicted octanol–water partition coefficient (Wildman–Crippen LogP) is 0.704. The van der Waals surface area contributed by atoms with Crippen molar-refractivity contribution in [2.45, 2.75) is 6.92 Å². The first-order chi connectivity index (χ1) is 8.18. The zero-order valence-corrected chi connectivity index (χ0v) is 9.64. The van der Waals surface area contributed by atoms with Gasteiger partial charge in [-0.05, 0) is 24.6 Å². The summed E-state index contributed by atoms with van der Waals surface area (Å²) in [5.74, 6) is -0.447. The summed E-state index contributed by atoms with van der Waals surface area (Å²) >= 11 is 0. The number of rotatable bonds is 1. The maximum atomic E-state index is 12.2. The molecule has 3 rings (SSSR count). The number of aryl methyl sites for hydroxylation is 1. The minimum Gasteiger partial charge on any atom is -0.315 e. The Morgan fingerprint density at radius 2 is 1.82 bits per heavy atom. The number of imide groups is 1. The molecule has 1 N–H and O–H groups in total. The first kappa shape index (κ1) is 10.5. The number of nitrogens with zero attached hydrogens (tertiary/aromatic N) is 1. The summed E-state index contributed by atoms with van der Waals surface area (Å²) in [6.45, 7) is 3.20. The van der Waals surface area contributed by atoms with Crippen molar-refractivity contribution < 1.29 is 9.59 Å². The smallest absolute Gasteiger partial charge is 0.239 e. The van der Waals surface area contributed by atoms with Gasteiger partial charge < -0.3 is 5.32 Å². The lowest BCUT2D eigenvalue weighted by Gasteiger charge is -2.16. The third-order valence-corrected chi connectivity index (χ3v) is 3.55. The lowest BCUT2D eigenvalue weighted by Crippen LogP contribution is -2.34. The molecule has 4 nitrogen and oxygen atoms in total. The van der Waals surface area contributed by atoms with Gasteiger partial charge in [0.1, 0.15) is 0 Å². The molecule has 1 aromatic rings. The molecule has 2 aliphatic heterocycles. The molecular weight excluding hydrogens is 216 g/mol. The van der Waals surface area contributed by atoms with Crippen molar-refractivity contribution in [2.75, 3.05) is 18.0 Å². The second kappa shape index (κ2) is 3.67. The van der Waals surface area contributed by atoms with E-state index >= 15 is 0 Å². The number of carbonyl (C=O) groups excluding carboxylic acids is 2. The minimum atomic E-state index is -0.164. The van der Waals surface area contributed by atoms with E-state index in [0.717, 1.165) is 5.56 Å². The van der Waals surface area contributed by atoms with Crippen LogP contribution in [0.25, 0.3) is 0 Å². The molecule has 2 unspecified atom stereocenters. The van der Waals surface area contributed by atoms with Crippen LogP contribution in [0.15, 0.2) is 24.3 Å². The van der Waals surface area contributed by atoms with Crippen molar-refractivity contribution in [3.05, 3.63) is 29.8 Å². The van der Waals surface area contributed by atoms with Gasteiger partial charge in [-0.25, -0.2) is 4.90 Å². The van der Waals surface area contributed by atoms with Crippen molar-refractivity contribution in [3.8, 4) is 0 Å². The summed E-state index contributed by atoms with van der Waals surface area (Å²) < 4.78 is 0. The van der Waals surface area contributed by atoms with Crippen LogP contribution in [0.3, 0.4) is 0 Å². The maximum Gasteiger partial charge on any atom is 0.239 e. The SMILES string of the molecule is Cc1cccc(N2C(=O)C3CNCC3C2=O)c1. The van der Waals surface area contributed by atoms with E-state index in [9.17, 15) is 9.59 Å². The Morgan fingerprint density at radius 1 is 1.18 bits per heavy atom. The molecule has 88 valence electrons. The standard InChI is InChI=1S/C13H14N2O2/c1-8-3-2-4-9(5-8)15-12(16)10-6-14-7-11(10)13(15)17/h2-5,10-11,14H,6-7H2,1H3. The Labute approximate surface area is 99.6 Å². The zero-order valence-electron chi connectivity index (χ0n) is 9.64. The number of benzene rings is 1. The van der Waals surface area contributed by atoms with Gasteiger partial charge in [-0.15, -0.1) is 0 Å². The van der Waals surface area contributed by atoms with E-state index in [-0.39, 0.29) is 23.7 Å². The highest BCUT2D eigenvalue weighted by Crippen LogP contribution is 2.33. The molecule has 0 bridgehead atoms. The molecule has 0 aliphatic carbocycles. The predicted molar refractivity (Wildman–Crippen MR) is 63.5 cm³/mol. The van der Waals surface area contributed by atoms with E-state index < -0.39 is 0 Å². The highest BCUT2D eigenvalue weighted by molar-refractivity contribution is 6.22. The Bertz CT molecular complexity index is 476. The molecule has 2 atom stereocenters. The van der Waals surface area contributed by atoms with Crippen LogP contribution in [0, 0.1) is 18.8 Å². The van der Waals surface area contributed by atoms with Gasteiger partial charge in [0, 0.05) is 13.1 Å². The Kier molecular flexibility index (Phi) is 2.26. The third kappa shape index (κ3) is 1.48. The van der Waals surface area contributed by atoms with E-state index in [0.29, 0.717) is 18.8 Å². The normalized spacial score (nSPS) is 27.7. The van der Waals surface area contributed by atoms with E-state index in [1.54, 1.807) is 0 Å². The molecule has 4 heteroatoms. The number of fused-ring (bicyclic) bond motifs is 1. The number of hydrogen-bond acceptors (Lipinski definition) is 3. The molecule has 2 amide bonds. The van der Waals surface area contributed by atoms with Crippen molar-refractivity contribution >= 4 is 17.5 Å². The van der Waals surface area contributed by atoms with Gasteiger partial charge in [0.05, 0.1) is 17.5 Å². The van der Waals surface area contributed by atoms with Crippen LogP contribution >= 0.6 is 0 Å². The Hall–Kier alpha value is -1.68. The monoisotopic (exact) mass is 230 g/mol. The first-order valence-electron chi connectivity index (χ1n) is 5.83. The topological polar surface area (TPSA) is 49.4 Å². The van der Waals surface area contributed by atoms with Gasteiger partial charge in [0.15, 0.2) is 0 Å². The van der Waals surface area contributed by atoms with Gasteiger partial charge in [0.2, 0.25) is 11.8 Å². The van der Waals surface area contributed by atoms with Gasteiger partial charge in [-0.3, -0.25) is 9.59 Å². The molecule has 2 saturated heterocycles. The molecule has 17 heavy (non-hydrogen) atoms. The summed E-state index contributed by atoms with van der Waals surface area (Å²) in [5.41, 5.74) is 1.76. The van der Waals surface area contributed by atoms with Gasteiger partial charge in [-0.2, -0.15) is 0 Å². The number of nitrogens with one attached hydrogen (secondary N) is 1. The van der Waals surface area contributed by atoms with E-state index in [2.05, 4.69) is 5.32 Å². The largest absolute Gasteiger partial charge is 0.315 e. The second-order valence-corrected chi connectivity index (χ2v) is 4.72. The summed E-state index contributed by atoms with van der Waals surface area (Å²) in [6, 6.07) is 7.52. The average molecular weight is 230 g/mol. The average Bonchev–Trinajstić information content (AvgIpc) is 2.84. The molecule has 0 saturated carbocycles. The van der Waals surface area contributed by atoms with Crippen LogP contribution in [0.2, 0.25) is 0 Å². The summed E-state index contributed by atoms with van der Waals surface area (Å²) in [6.07, 6.45) is 0. The van der Waals surface area contributed by atoms with Crippen molar-refractivity contribution in [1.82, 2.24) is 5.32 Å². The van der Waals surface area contributed by atoms with Crippen molar-refractivity contribution in [1.29, 1.82) is 0 Å². The van der Waals surface area contributed by atoms with Crippen molar-refractivity contribution in [3.63, 3.8) is 0 Å². The molecule has 0 radical (unpaired) electrons. The van der Waals surface area contributed by atoms with Crippen LogP contribution in [0.1, 0.15) is 5.56 Å². The number of carbonyl (C=O) groups is 2. The van der Waals surface area contributed by atoms with Gasteiger partial charge in [-0.1, -0.05) is 12.1 Å². The third-order valence-electron chi connectivity index (χ3n) is 3.55. The number of amides is 2. The van der Waals surface area contributed by atoms with Crippen LogP contribution in [-0.4, -0.2) is 24.9 Å². The quantitative estimate of drug-likeness (QED) is 0.723. The molecule has 0 spiro atoms. The van der Waals surface area contributed by atoms with Gasteiger partial charge in [0.25, 0.3) is 0 Å². The maximum absolute atomic E-state index is 12.2. The molecule has 1 aromatic carbocycles. The summed E-state index contributed by atoms with van der Waals surface area (Å²) in [5, 5.41) is 3.10. The van der Waals surface area contributed by atoms with E-state index in [1.807, 2.05) is 31.2 Å². The molecule has 0 aromatic heterocycles. The van der Waals surface area contributed by atoms with Crippen LogP contribution < -0.4 is 10.2 Å². The lowest BCUT2D eigenvalue weighted by atomic mass is 10.00. The van der Waals surface area contributed by atoms with Crippen LogP contribution in [-0.2, 0) is 9.59 Å². The van der Waals surface area contributed by atoms with E-state index in [1.165, 1.54) is 4.90 Å². The summed E-state index contributed by atoms with van der Waals surface area (Å²) in [4.78, 5) is 25.7. The molecule has 2 aliphatic rings. The number of hydrogen-bond donors (Lipinski definition) is 1. The summed E-state index contributed by atoms with van der Waals surface area (Å²) in [7, 11) is 0. The zero-order chi connectivity index (χ0) is 12.0. The highest BCUT2D eigenvalue weighted by atomic mass is 16.2. The van der Waals surface area contributed by atoms with E-state index in [4.69, 9.17) is 0 Å². The lowest BCUT2D eigenvalue weighted by molar-refractivity contribution is -0.122. The number of anilines is 1. The minimum absolute atomic E-state index is 0.0596. The Morgan fingerprint density at radius 3 is 2.41 bits per heavy atom. The molecule has 2 fully saturated rings.